The molecule has 1 N–H and O–H groups in total. The molecule has 2 aliphatic heterocycles. The van der Waals surface area contributed by atoms with Crippen LogP contribution in [0.5, 0.6) is 0 Å². The van der Waals surface area contributed by atoms with Crippen molar-refractivity contribution in [3.8, 4) is 0 Å². The third-order valence-corrected chi connectivity index (χ3v) is 8.26. The Bertz CT molecular complexity index is 929. The Morgan fingerprint density at radius 3 is 2.77 bits per heavy atom. The number of amides is 1. The van der Waals surface area contributed by atoms with Crippen LogP contribution in [0.1, 0.15) is 61.3 Å². The summed E-state index contributed by atoms with van der Waals surface area (Å²) in [5, 5.41) is 4.30. The van der Waals surface area contributed by atoms with E-state index in [1.807, 2.05) is 0 Å². The smallest absolute Gasteiger partial charge is 0.264 e. The van der Waals surface area contributed by atoms with Crippen molar-refractivity contribution in [3.63, 3.8) is 0 Å². The molecular formula is C22H30N4O3S. The summed E-state index contributed by atoms with van der Waals surface area (Å²) in [6.07, 6.45) is 8.01. The lowest BCUT2D eigenvalue weighted by Crippen LogP contribution is -2.45. The largest absolute Gasteiger partial charge is 0.494 e. The second kappa shape index (κ2) is 8.85. The van der Waals surface area contributed by atoms with E-state index >= 15 is 0 Å². The lowest BCUT2D eigenvalue weighted by Gasteiger charge is -2.39. The van der Waals surface area contributed by atoms with Crippen molar-refractivity contribution < 1.29 is 14.3 Å². The number of carbonyl (C=O) groups excluding carboxylic acids is 1. The molecule has 1 saturated heterocycles. The monoisotopic (exact) mass is 430 g/mol. The van der Waals surface area contributed by atoms with Crippen molar-refractivity contribution in [3.05, 3.63) is 20.3 Å². The van der Waals surface area contributed by atoms with Crippen LogP contribution in [0.15, 0.2) is 10.1 Å². The lowest BCUT2D eigenvalue weighted by atomic mass is 9.91. The summed E-state index contributed by atoms with van der Waals surface area (Å²) in [6.45, 7) is 4.63. The molecule has 5 rings (SSSR count). The molecule has 162 valence electrons. The van der Waals surface area contributed by atoms with Crippen LogP contribution >= 0.6 is 11.3 Å². The summed E-state index contributed by atoms with van der Waals surface area (Å²) in [4.78, 5) is 20.5. The molecule has 7 nitrogen and oxygen atoms in total. The zero-order chi connectivity index (χ0) is 20.5. The van der Waals surface area contributed by atoms with E-state index in [2.05, 4.69) is 10.0 Å². The van der Waals surface area contributed by atoms with Gasteiger partial charge in [-0.2, -0.15) is 0 Å². The van der Waals surface area contributed by atoms with Gasteiger partial charge in [-0.3, -0.25) is 14.7 Å². The standard InChI is InChI=1S/C22H30N4O3S/c23-25-19(27)13-14-1-6-18-20(14)21-17(7-8-24-22(21)30-18)29-16-4-2-15(3-5-16)26-9-11-28-12-10-26/h14-16,23H,1-13H2/t14-,15?,16?/m1/s1. The van der Waals surface area contributed by atoms with Gasteiger partial charge in [-0.15, -0.1) is 16.5 Å². The summed E-state index contributed by atoms with van der Waals surface area (Å²) in [7, 11) is 0. The van der Waals surface area contributed by atoms with E-state index in [0.717, 1.165) is 75.4 Å². The molecule has 1 aromatic rings. The first kappa shape index (κ1) is 20.3. The normalized spacial score (nSPS) is 29.1. The highest BCUT2D eigenvalue weighted by Gasteiger charge is 2.32. The summed E-state index contributed by atoms with van der Waals surface area (Å²) in [5.41, 5.74) is 8.30. The Morgan fingerprint density at radius 1 is 1.20 bits per heavy atom. The molecule has 0 unspecified atom stereocenters. The molecule has 8 heteroatoms. The number of ether oxygens (including phenoxy) is 2. The van der Waals surface area contributed by atoms with Gasteiger partial charge in [0.1, 0.15) is 10.4 Å². The van der Waals surface area contributed by atoms with E-state index in [1.165, 1.54) is 28.5 Å². The van der Waals surface area contributed by atoms with Crippen LogP contribution in [-0.4, -0.2) is 55.8 Å². The molecule has 2 fully saturated rings. The van der Waals surface area contributed by atoms with Crippen LogP contribution in [0.25, 0.3) is 5.76 Å². The highest BCUT2D eigenvalue weighted by Crippen LogP contribution is 2.36. The summed E-state index contributed by atoms with van der Waals surface area (Å²) >= 11 is 1.77. The van der Waals surface area contributed by atoms with E-state index in [-0.39, 0.29) is 17.9 Å². The topological polar surface area (TPSA) is 87.3 Å². The second-order valence-corrected chi connectivity index (χ2v) is 9.90. The van der Waals surface area contributed by atoms with E-state index < -0.39 is 0 Å². The Labute approximate surface area is 180 Å². The van der Waals surface area contributed by atoms with E-state index in [1.54, 1.807) is 11.3 Å². The van der Waals surface area contributed by atoms with Crippen LogP contribution in [0.2, 0.25) is 0 Å². The maximum atomic E-state index is 11.8. The van der Waals surface area contributed by atoms with Crippen molar-refractivity contribution in [2.45, 2.75) is 69.4 Å². The molecule has 1 aromatic heterocycles. The van der Waals surface area contributed by atoms with Gasteiger partial charge < -0.3 is 9.47 Å². The molecule has 30 heavy (non-hydrogen) atoms. The average molecular weight is 431 g/mol. The van der Waals surface area contributed by atoms with Gasteiger partial charge in [-0.05, 0) is 50.0 Å². The van der Waals surface area contributed by atoms with Gasteiger partial charge in [0.05, 0.1) is 24.5 Å². The summed E-state index contributed by atoms with van der Waals surface area (Å²) in [6, 6.07) is 0.671. The third-order valence-electron chi connectivity index (χ3n) is 7.07. The maximum absolute atomic E-state index is 11.8. The predicted molar refractivity (Wildman–Crippen MR) is 113 cm³/mol. The zero-order valence-corrected chi connectivity index (χ0v) is 18.2. The fourth-order valence-electron chi connectivity index (χ4n) is 5.56. The predicted octanol–water partition coefficient (Wildman–Crippen LogP) is 2.52. The van der Waals surface area contributed by atoms with Crippen LogP contribution in [0.3, 0.4) is 0 Å². The quantitative estimate of drug-likeness (QED) is 0.727. The molecule has 1 amide bonds. The number of carbonyl (C=O) groups is 1. The Kier molecular flexibility index (Phi) is 5.98. The minimum Gasteiger partial charge on any atom is -0.494 e. The molecule has 2 aliphatic carbocycles. The number of nitrogens with zero attached hydrogens (tertiary/aromatic N) is 3. The third kappa shape index (κ3) is 3.97. The van der Waals surface area contributed by atoms with Crippen molar-refractivity contribution in [2.75, 3.05) is 32.8 Å². The Morgan fingerprint density at radius 2 is 2.00 bits per heavy atom. The molecular weight excluding hydrogens is 400 g/mol. The average Bonchev–Trinajstić information content (AvgIpc) is 3.35. The number of rotatable bonds is 5. The highest BCUT2D eigenvalue weighted by molar-refractivity contribution is 7.09. The highest BCUT2D eigenvalue weighted by atomic mass is 32.1. The van der Waals surface area contributed by atoms with Gasteiger partial charge in [0, 0.05) is 43.4 Å². The molecule has 4 aliphatic rings. The first-order chi connectivity index (χ1) is 14.7. The number of hydrogen-bond donors (Lipinski definition) is 1. The molecule has 3 heterocycles. The van der Waals surface area contributed by atoms with Gasteiger partial charge in [0.2, 0.25) is 0 Å². The Hall–Kier alpha value is -1.64. The fourth-order valence-corrected chi connectivity index (χ4v) is 6.87. The minimum absolute atomic E-state index is 0.158. The SMILES string of the molecule is N=NC(=O)C[C@H]1CCc2sc3c(c21)=C(OC1CCC(N2CCOCC2)CC1)CCN=3. The first-order valence-corrected chi connectivity index (χ1v) is 12.1. The van der Waals surface area contributed by atoms with Gasteiger partial charge in [0.15, 0.2) is 0 Å². The number of aryl methyl sites for hydroxylation is 1. The van der Waals surface area contributed by atoms with Crippen molar-refractivity contribution in [1.82, 2.24) is 4.90 Å². The number of hydrogen-bond acceptors (Lipinski definition) is 7. The fraction of sp³-hybridized carbons (Fsp3) is 0.727. The van der Waals surface area contributed by atoms with Gasteiger partial charge >= 0.3 is 0 Å². The zero-order valence-electron chi connectivity index (χ0n) is 17.4. The van der Waals surface area contributed by atoms with Crippen LogP contribution in [0.4, 0.5) is 0 Å². The number of morpholine rings is 1. The van der Waals surface area contributed by atoms with E-state index in [9.17, 15) is 4.79 Å². The molecule has 1 atom stereocenters. The summed E-state index contributed by atoms with van der Waals surface area (Å²) < 4.78 is 13.2. The number of thiophene rings is 1. The van der Waals surface area contributed by atoms with Gasteiger partial charge in [-0.1, -0.05) is 0 Å². The van der Waals surface area contributed by atoms with Crippen LogP contribution < -0.4 is 9.89 Å². The maximum Gasteiger partial charge on any atom is 0.264 e. The summed E-state index contributed by atoms with van der Waals surface area (Å²) in [5.74, 6) is 0.921. The second-order valence-electron chi connectivity index (χ2n) is 8.82. The van der Waals surface area contributed by atoms with Gasteiger partial charge in [-0.25, -0.2) is 5.53 Å². The van der Waals surface area contributed by atoms with Crippen LogP contribution in [0, 0.1) is 5.53 Å². The minimum atomic E-state index is -0.329. The first-order valence-electron chi connectivity index (χ1n) is 11.3. The lowest BCUT2D eigenvalue weighted by molar-refractivity contribution is -0.118. The van der Waals surface area contributed by atoms with Crippen molar-refractivity contribution in [2.24, 2.45) is 10.1 Å². The molecule has 0 aromatic carbocycles. The molecule has 1 saturated carbocycles. The van der Waals surface area contributed by atoms with E-state index in [0.29, 0.717) is 12.5 Å². The van der Waals surface area contributed by atoms with E-state index in [4.69, 9.17) is 20.0 Å². The molecule has 0 bridgehead atoms. The molecule has 0 spiro atoms. The molecule has 0 radical (unpaired) electrons. The van der Waals surface area contributed by atoms with Gasteiger partial charge in [0.25, 0.3) is 5.91 Å². The number of fused-ring (bicyclic) bond motifs is 3. The van der Waals surface area contributed by atoms with Crippen LogP contribution in [-0.2, 0) is 20.7 Å². The van der Waals surface area contributed by atoms with Crippen molar-refractivity contribution >= 4 is 23.0 Å². The number of nitrogens with one attached hydrogen (secondary N) is 1. The Balaban J connectivity index is 1.33. The van der Waals surface area contributed by atoms with Crippen molar-refractivity contribution in [1.29, 1.82) is 5.53 Å².